The van der Waals surface area contributed by atoms with Crippen LogP contribution in [-0.2, 0) is 6.42 Å². The van der Waals surface area contributed by atoms with Gasteiger partial charge in [0.2, 0.25) is 10.1 Å². The Morgan fingerprint density at radius 3 is 2.85 bits per heavy atom. The highest BCUT2D eigenvalue weighted by Gasteiger charge is 2.13. The molecule has 3 aromatic rings. The number of nitrogens with one attached hydrogen (secondary N) is 1. The molecule has 0 aliphatic carbocycles. The SMILES string of the molecule is CCCc1nnc2sc(NC(=O)c3ccccc3)nn12. The minimum absolute atomic E-state index is 0.174. The molecule has 1 N–H and O–H groups in total. The number of fused-ring (bicyclic) bond motifs is 1. The quantitative estimate of drug-likeness (QED) is 0.799. The van der Waals surface area contributed by atoms with Gasteiger partial charge in [-0.25, -0.2) is 0 Å². The van der Waals surface area contributed by atoms with E-state index in [0.29, 0.717) is 15.7 Å². The van der Waals surface area contributed by atoms with Crippen LogP contribution in [0.15, 0.2) is 30.3 Å². The lowest BCUT2D eigenvalue weighted by atomic mass is 10.2. The van der Waals surface area contributed by atoms with Crippen molar-refractivity contribution in [1.29, 1.82) is 0 Å². The zero-order valence-electron chi connectivity index (χ0n) is 10.9. The highest BCUT2D eigenvalue weighted by atomic mass is 32.1. The third-order valence-corrected chi connectivity index (χ3v) is 3.60. The molecule has 0 saturated carbocycles. The van der Waals surface area contributed by atoms with Crippen LogP contribution in [0, 0.1) is 0 Å². The normalized spacial score (nSPS) is 10.8. The Labute approximate surface area is 119 Å². The molecule has 6 nitrogen and oxygen atoms in total. The molecule has 0 radical (unpaired) electrons. The summed E-state index contributed by atoms with van der Waals surface area (Å²) >= 11 is 1.31. The van der Waals surface area contributed by atoms with E-state index in [1.165, 1.54) is 11.3 Å². The van der Waals surface area contributed by atoms with Crippen LogP contribution in [0.2, 0.25) is 0 Å². The van der Waals surface area contributed by atoms with Gasteiger partial charge in [0.25, 0.3) is 5.91 Å². The summed E-state index contributed by atoms with van der Waals surface area (Å²) in [5.41, 5.74) is 0.604. The Kier molecular flexibility index (Phi) is 3.42. The van der Waals surface area contributed by atoms with Crippen molar-refractivity contribution in [1.82, 2.24) is 19.8 Å². The van der Waals surface area contributed by atoms with Crippen LogP contribution in [0.4, 0.5) is 5.13 Å². The van der Waals surface area contributed by atoms with E-state index in [0.717, 1.165) is 18.7 Å². The van der Waals surface area contributed by atoms with Gasteiger partial charge in [-0.15, -0.1) is 15.3 Å². The van der Waals surface area contributed by atoms with E-state index in [4.69, 9.17) is 0 Å². The molecule has 1 aromatic carbocycles. The lowest BCUT2D eigenvalue weighted by Crippen LogP contribution is -2.11. The highest BCUT2D eigenvalue weighted by Crippen LogP contribution is 2.19. The van der Waals surface area contributed by atoms with Gasteiger partial charge in [0.1, 0.15) is 0 Å². The molecule has 0 bridgehead atoms. The zero-order chi connectivity index (χ0) is 13.9. The van der Waals surface area contributed by atoms with Gasteiger partial charge in [-0.2, -0.15) is 4.52 Å². The predicted octanol–water partition coefficient (Wildman–Crippen LogP) is 2.39. The summed E-state index contributed by atoms with van der Waals surface area (Å²) in [7, 11) is 0. The predicted molar refractivity (Wildman–Crippen MR) is 77.0 cm³/mol. The first-order valence-corrected chi connectivity index (χ1v) is 7.17. The molecule has 0 aliphatic rings. The fraction of sp³-hybridized carbons (Fsp3) is 0.231. The number of rotatable bonds is 4. The van der Waals surface area contributed by atoms with E-state index < -0.39 is 0 Å². The van der Waals surface area contributed by atoms with Gasteiger partial charge in [-0.1, -0.05) is 36.5 Å². The minimum atomic E-state index is -0.174. The summed E-state index contributed by atoms with van der Waals surface area (Å²) in [6.07, 6.45) is 1.79. The third kappa shape index (κ3) is 2.39. The van der Waals surface area contributed by atoms with Crippen molar-refractivity contribution < 1.29 is 4.79 Å². The molecule has 2 aromatic heterocycles. The van der Waals surface area contributed by atoms with Crippen LogP contribution < -0.4 is 5.32 Å². The lowest BCUT2D eigenvalue weighted by molar-refractivity contribution is 0.102. The first-order chi connectivity index (χ1) is 9.78. The maximum absolute atomic E-state index is 12.0. The van der Waals surface area contributed by atoms with Crippen LogP contribution in [0.5, 0.6) is 0 Å². The van der Waals surface area contributed by atoms with Gasteiger partial charge in [-0.3, -0.25) is 10.1 Å². The smallest absolute Gasteiger partial charge is 0.257 e. The standard InChI is InChI=1S/C13H13N5OS/c1-2-6-10-15-16-13-18(10)17-12(20-13)14-11(19)9-7-4-3-5-8-9/h3-5,7-8H,2,6H2,1H3,(H,14,17,19). The van der Waals surface area contributed by atoms with Gasteiger partial charge in [0.05, 0.1) is 0 Å². The first-order valence-electron chi connectivity index (χ1n) is 6.35. The van der Waals surface area contributed by atoms with Gasteiger partial charge in [0.15, 0.2) is 5.82 Å². The molecule has 0 fully saturated rings. The topological polar surface area (TPSA) is 72.2 Å². The molecule has 20 heavy (non-hydrogen) atoms. The number of aromatic nitrogens is 4. The second-order valence-corrected chi connectivity index (χ2v) is 5.24. The van der Waals surface area contributed by atoms with Crippen LogP contribution in [0.3, 0.4) is 0 Å². The molecule has 0 atom stereocenters. The Morgan fingerprint density at radius 2 is 2.10 bits per heavy atom. The Morgan fingerprint density at radius 1 is 1.30 bits per heavy atom. The number of amides is 1. The average molecular weight is 287 g/mol. The maximum Gasteiger partial charge on any atom is 0.257 e. The summed E-state index contributed by atoms with van der Waals surface area (Å²) in [4.78, 5) is 12.7. The monoisotopic (exact) mass is 287 g/mol. The fourth-order valence-electron chi connectivity index (χ4n) is 1.85. The van der Waals surface area contributed by atoms with E-state index in [2.05, 4.69) is 27.5 Å². The summed E-state index contributed by atoms with van der Waals surface area (Å²) in [6, 6.07) is 9.05. The van der Waals surface area contributed by atoms with Crippen LogP contribution in [-0.4, -0.2) is 25.7 Å². The number of aryl methyl sites for hydroxylation is 1. The third-order valence-electron chi connectivity index (χ3n) is 2.79. The molecule has 1 amide bonds. The van der Waals surface area contributed by atoms with Crippen molar-refractivity contribution >= 4 is 27.3 Å². The zero-order valence-corrected chi connectivity index (χ0v) is 11.7. The van der Waals surface area contributed by atoms with Crippen molar-refractivity contribution in [2.75, 3.05) is 5.32 Å². The summed E-state index contributed by atoms with van der Waals surface area (Å²) in [6.45, 7) is 2.07. The number of hydrogen-bond donors (Lipinski definition) is 1. The van der Waals surface area contributed by atoms with Crippen molar-refractivity contribution in [2.45, 2.75) is 19.8 Å². The molecule has 0 unspecified atom stereocenters. The Hall–Kier alpha value is -2.28. The Balaban J connectivity index is 1.83. The summed E-state index contributed by atoms with van der Waals surface area (Å²) < 4.78 is 1.69. The molecule has 3 rings (SSSR count). The van der Waals surface area contributed by atoms with E-state index in [1.807, 2.05) is 18.2 Å². The summed E-state index contributed by atoms with van der Waals surface area (Å²) in [5.74, 6) is 0.645. The van der Waals surface area contributed by atoms with E-state index in [1.54, 1.807) is 16.6 Å². The van der Waals surface area contributed by atoms with Crippen LogP contribution in [0.25, 0.3) is 4.96 Å². The van der Waals surface area contributed by atoms with Crippen molar-refractivity contribution in [3.63, 3.8) is 0 Å². The van der Waals surface area contributed by atoms with E-state index in [-0.39, 0.29) is 5.91 Å². The molecule has 0 saturated heterocycles. The largest absolute Gasteiger partial charge is 0.296 e. The number of nitrogens with zero attached hydrogens (tertiary/aromatic N) is 4. The number of carbonyl (C=O) groups excluding carboxylic acids is 1. The summed E-state index contributed by atoms with van der Waals surface area (Å²) in [5, 5.41) is 15.8. The molecule has 102 valence electrons. The number of hydrogen-bond acceptors (Lipinski definition) is 5. The van der Waals surface area contributed by atoms with E-state index in [9.17, 15) is 4.79 Å². The van der Waals surface area contributed by atoms with Crippen molar-refractivity contribution in [2.24, 2.45) is 0 Å². The van der Waals surface area contributed by atoms with Crippen molar-refractivity contribution in [3.05, 3.63) is 41.7 Å². The molecule has 2 heterocycles. The van der Waals surface area contributed by atoms with Gasteiger partial charge < -0.3 is 0 Å². The average Bonchev–Trinajstić information content (AvgIpc) is 3.02. The Bertz CT molecular complexity index is 734. The number of benzene rings is 1. The lowest BCUT2D eigenvalue weighted by Gasteiger charge is -2.00. The van der Waals surface area contributed by atoms with Gasteiger partial charge in [-0.05, 0) is 18.6 Å². The van der Waals surface area contributed by atoms with Crippen LogP contribution >= 0.6 is 11.3 Å². The second-order valence-electron chi connectivity index (χ2n) is 4.29. The number of anilines is 1. The first kappa shape index (κ1) is 12.7. The molecule has 0 aliphatic heterocycles. The molecule has 0 spiro atoms. The highest BCUT2D eigenvalue weighted by molar-refractivity contribution is 7.20. The van der Waals surface area contributed by atoms with E-state index >= 15 is 0 Å². The molecular formula is C13H13N5OS. The van der Waals surface area contributed by atoms with Crippen molar-refractivity contribution in [3.8, 4) is 0 Å². The fourth-order valence-corrected chi connectivity index (χ4v) is 2.60. The van der Waals surface area contributed by atoms with Crippen LogP contribution in [0.1, 0.15) is 29.5 Å². The van der Waals surface area contributed by atoms with Gasteiger partial charge in [0, 0.05) is 12.0 Å². The van der Waals surface area contributed by atoms with Gasteiger partial charge >= 0.3 is 0 Å². The molecular weight excluding hydrogens is 274 g/mol. The number of carbonyl (C=O) groups is 1. The minimum Gasteiger partial charge on any atom is -0.296 e. The maximum atomic E-state index is 12.0. The second kappa shape index (κ2) is 5.38. The molecule has 7 heteroatoms.